The van der Waals surface area contributed by atoms with Gasteiger partial charge in [-0.2, -0.15) is 26.3 Å². The quantitative estimate of drug-likeness (QED) is 0.464. The van der Waals surface area contributed by atoms with Crippen molar-refractivity contribution >= 4 is 21.3 Å². The Kier molecular flexibility index (Phi) is 7.85. The summed E-state index contributed by atoms with van der Waals surface area (Å²) in [7, 11) is -2.90. The SMILES string of the molecule is CCOC(c1ccc(NC(=O)Cc2ccc(S(=N)(=O)CC)cc2)cc1)(C(F)(F)F)C(F)(F)F. The maximum absolute atomic E-state index is 13.5. The smallest absolute Gasteiger partial charge is 0.354 e. The fraction of sp³-hybridized carbons (Fsp3) is 0.381. The summed E-state index contributed by atoms with van der Waals surface area (Å²) in [6.07, 6.45) is -11.7. The minimum Gasteiger partial charge on any atom is -0.354 e. The van der Waals surface area contributed by atoms with Gasteiger partial charge in [0.15, 0.2) is 0 Å². The van der Waals surface area contributed by atoms with Gasteiger partial charge in [-0.1, -0.05) is 31.2 Å². The second kappa shape index (κ2) is 9.72. The van der Waals surface area contributed by atoms with E-state index >= 15 is 0 Å². The van der Waals surface area contributed by atoms with E-state index in [2.05, 4.69) is 10.1 Å². The molecule has 1 unspecified atom stereocenters. The predicted molar refractivity (Wildman–Crippen MR) is 110 cm³/mol. The highest BCUT2D eigenvalue weighted by Crippen LogP contribution is 2.53. The third kappa shape index (κ3) is 5.67. The van der Waals surface area contributed by atoms with E-state index in [0.29, 0.717) is 22.6 Å². The molecular weight excluding hydrogens is 474 g/mol. The van der Waals surface area contributed by atoms with Crippen LogP contribution < -0.4 is 5.32 Å². The number of benzene rings is 2. The molecule has 0 aromatic heterocycles. The van der Waals surface area contributed by atoms with E-state index in [9.17, 15) is 35.3 Å². The van der Waals surface area contributed by atoms with Crippen molar-refractivity contribution in [1.29, 1.82) is 4.78 Å². The number of anilines is 1. The van der Waals surface area contributed by atoms with Crippen molar-refractivity contribution in [1.82, 2.24) is 0 Å². The monoisotopic (exact) mass is 496 g/mol. The van der Waals surface area contributed by atoms with E-state index in [1.165, 1.54) is 24.3 Å². The van der Waals surface area contributed by atoms with Crippen LogP contribution >= 0.6 is 0 Å². The van der Waals surface area contributed by atoms with Crippen LogP contribution in [0.25, 0.3) is 0 Å². The van der Waals surface area contributed by atoms with Gasteiger partial charge in [0.25, 0.3) is 5.60 Å². The first-order chi connectivity index (χ1) is 15.2. The summed E-state index contributed by atoms with van der Waals surface area (Å²) in [5.41, 5.74) is -5.14. The molecule has 0 aliphatic rings. The van der Waals surface area contributed by atoms with E-state index in [0.717, 1.165) is 19.1 Å². The lowest BCUT2D eigenvalue weighted by molar-refractivity contribution is -0.388. The largest absolute Gasteiger partial charge is 0.430 e. The van der Waals surface area contributed by atoms with Crippen LogP contribution in [0.5, 0.6) is 0 Å². The summed E-state index contributed by atoms with van der Waals surface area (Å²) >= 11 is 0. The Morgan fingerprint density at radius 3 is 1.88 bits per heavy atom. The molecule has 12 heteroatoms. The summed E-state index contributed by atoms with van der Waals surface area (Å²) in [5.74, 6) is -0.434. The molecule has 1 atom stereocenters. The van der Waals surface area contributed by atoms with Gasteiger partial charge >= 0.3 is 12.4 Å². The second-order valence-corrected chi connectivity index (χ2v) is 9.42. The molecule has 0 spiro atoms. The molecule has 2 N–H and O–H groups in total. The van der Waals surface area contributed by atoms with Crippen molar-refractivity contribution in [2.45, 2.75) is 43.1 Å². The summed E-state index contributed by atoms with van der Waals surface area (Å²) in [6.45, 7) is 1.81. The minimum atomic E-state index is -5.77. The van der Waals surface area contributed by atoms with E-state index in [4.69, 9.17) is 4.78 Å². The lowest BCUT2D eigenvalue weighted by atomic mass is 9.91. The topological polar surface area (TPSA) is 79.2 Å². The fourth-order valence-electron chi connectivity index (χ4n) is 3.12. The lowest BCUT2D eigenvalue weighted by Gasteiger charge is -2.37. The number of halogens is 6. The van der Waals surface area contributed by atoms with Crippen molar-refractivity contribution < 1.29 is 40.1 Å². The third-order valence-electron chi connectivity index (χ3n) is 4.81. The van der Waals surface area contributed by atoms with Crippen LogP contribution in [0.2, 0.25) is 0 Å². The van der Waals surface area contributed by atoms with Crippen LogP contribution in [0.15, 0.2) is 53.4 Å². The van der Waals surface area contributed by atoms with Crippen LogP contribution in [-0.4, -0.2) is 34.8 Å². The van der Waals surface area contributed by atoms with Gasteiger partial charge in [0, 0.05) is 28.5 Å². The lowest BCUT2D eigenvalue weighted by Crippen LogP contribution is -2.56. The Bertz CT molecular complexity index is 1050. The molecule has 0 saturated carbocycles. The molecule has 0 saturated heterocycles. The average Bonchev–Trinajstić information content (AvgIpc) is 2.71. The average molecular weight is 496 g/mol. The highest BCUT2D eigenvalue weighted by atomic mass is 32.2. The first-order valence-corrected chi connectivity index (χ1v) is 11.4. The molecule has 0 bridgehead atoms. The molecule has 0 fully saturated rings. The molecule has 2 aromatic carbocycles. The molecule has 0 radical (unpaired) electrons. The maximum Gasteiger partial charge on any atom is 0.430 e. The number of hydrogen-bond acceptors (Lipinski definition) is 4. The molecule has 0 heterocycles. The van der Waals surface area contributed by atoms with Crippen LogP contribution in [0.3, 0.4) is 0 Å². The molecule has 1 amide bonds. The molecule has 5 nitrogen and oxygen atoms in total. The summed E-state index contributed by atoms with van der Waals surface area (Å²) < 4.78 is 105. The van der Waals surface area contributed by atoms with Crippen molar-refractivity contribution in [3.8, 4) is 0 Å². The molecule has 33 heavy (non-hydrogen) atoms. The molecule has 0 aliphatic carbocycles. The zero-order chi connectivity index (χ0) is 25.1. The van der Waals surface area contributed by atoms with Gasteiger partial charge in [0.1, 0.15) is 0 Å². The maximum atomic E-state index is 13.5. The second-order valence-electron chi connectivity index (χ2n) is 7.02. The van der Waals surface area contributed by atoms with Gasteiger partial charge in [-0.15, -0.1) is 0 Å². The molecule has 182 valence electrons. The van der Waals surface area contributed by atoms with Crippen molar-refractivity contribution in [3.05, 3.63) is 59.7 Å². The standard InChI is InChI=1S/C21H22F6N2O3S/c1-3-32-19(20(22,23)24,21(25,26)27)15-7-9-16(10-8-15)29-18(30)13-14-5-11-17(12-6-14)33(28,31)4-2/h5-12,28H,3-4,13H2,1-2H3,(H,29,30). The Labute approximate surface area is 187 Å². The predicted octanol–water partition coefficient (Wildman–Crippen LogP) is 5.65. The Morgan fingerprint density at radius 1 is 0.939 bits per heavy atom. The van der Waals surface area contributed by atoms with Crippen LogP contribution in [0.1, 0.15) is 25.0 Å². The molecular formula is C21H22F6N2O3S. The number of rotatable bonds is 8. The number of nitrogens with one attached hydrogen (secondary N) is 2. The Hall–Kier alpha value is -2.60. The number of carbonyl (C=O) groups is 1. The highest BCUT2D eigenvalue weighted by molar-refractivity contribution is 7.92. The van der Waals surface area contributed by atoms with Crippen LogP contribution in [0.4, 0.5) is 32.0 Å². The number of amides is 1. The Morgan fingerprint density at radius 2 is 1.45 bits per heavy atom. The van der Waals surface area contributed by atoms with Crippen molar-refractivity contribution in [2.75, 3.05) is 17.7 Å². The molecule has 2 rings (SSSR count). The zero-order valence-electron chi connectivity index (χ0n) is 17.6. The first-order valence-electron chi connectivity index (χ1n) is 9.71. The minimum absolute atomic E-state index is 0.00437. The van der Waals surface area contributed by atoms with Gasteiger partial charge < -0.3 is 10.1 Å². The highest BCUT2D eigenvalue weighted by Gasteiger charge is 2.73. The Balaban J connectivity index is 2.20. The molecule has 0 aliphatic heterocycles. The van der Waals surface area contributed by atoms with Gasteiger partial charge in [-0.25, -0.2) is 8.99 Å². The van der Waals surface area contributed by atoms with Gasteiger partial charge in [-0.05, 0) is 36.8 Å². The summed E-state index contributed by atoms with van der Waals surface area (Å²) in [4.78, 5) is 12.5. The first kappa shape index (κ1) is 26.7. The normalized spacial score (nSPS) is 14.5. The molecule has 2 aromatic rings. The van der Waals surface area contributed by atoms with E-state index in [1.54, 1.807) is 6.92 Å². The van der Waals surface area contributed by atoms with E-state index in [-0.39, 0.29) is 17.9 Å². The number of alkyl halides is 6. The third-order valence-corrected chi connectivity index (χ3v) is 6.66. The van der Waals surface area contributed by atoms with Crippen LogP contribution in [0, 0.1) is 4.78 Å². The van der Waals surface area contributed by atoms with Crippen LogP contribution in [-0.2, 0) is 31.3 Å². The van der Waals surface area contributed by atoms with Crippen molar-refractivity contribution in [2.24, 2.45) is 0 Å². The zero-order valence-corrected chi connectivity index (χ0v) is 18.5. The van der Waals surface area contributed by atoms with Crippen molar-refractivity contribution in [3.63, 3.8) is 0 Å². The number of hydrogen-bond donors (Lipinski definition) is 2. The summed E-state index contributed by atoms with van der Waals surface area (Å²) in [5, 5.41) is 2.40. The van der Waals surface area contributed by atoms with Gasteiger partial charge in [-0.3, -0.25) is 4.79 Å². The summed E-state index contributed by atoms with van der Waals surface area (Å²) in [6, 6.07) is 9.05. The van der Waals surface area contributed by atoms with E-state index < -0.39 is 45.8 Å². The number of ether oxygens (including phenoxy) is 1. The fourth-order valence-corrected chi connectivity index (χ4v) is 4.03. The van der Waals surface area contributed by atoms with Gasteiger partial charge in [0.05, 0.1) is 16.1 Å². The number of carbonyl (C=O) groups excluding carboxylic acids is 1. The van der Waals surface area contributed by atoms with E-state index in [1.807, 2.05) is 0 Å². The van der Waals surface area contributed by atoms with Gasteiger partial charge in [0.2, 0.25) is 5.91 Å².